The van der Waals surface area contributed by atoms with Crippen molar-refractivity contribution in [1.82, 2.24) is 5.32 Å². The molecule has 0 aromatic carbocycles. The molecule has 1 aliphatic heterocycles. The van der Waals surface area contributed by atoms with E-state index in [1.165, 1.54) is 32.1 Å². The quantitative estimate of drug-likeness (QED) is 0.757. The maximum absolute atomic E-state index is 5.89. The summed E-state index contributed by atoms with van der Waals surface area (Å²) >= 11 is 3.37. The van der Waals surface area contributed by atoms with Gasteiger partial charge in [0, 0.05) is 12.2 Å². The van der Waals surface area contributed by atoms with Crippen molar-refractivity contribution in [3.8, 4) is 0 Å². The molecule has 1 saturated carbocycles. The van der Waals surface area contributed by atoms with Gasteiger partial charge in [-0.15, -0.1) is 0 Å². The number of nitrogens with zero attached hydrogens (tertiary/aromatic N) is 1. The van der Waals surface area contributed by atoms with Crippen LogP contribution in [0.25, 0.3) is 0 Å². The van der Waals surface area contributed by atoms with E-state index in [0.29, 0.717) is 12.1 Å². The topological polar surface area (TPSA) is 50.4 Å². The highest BCUT2D eigenvalue weighted by molar-refractivity contribution is 9.18. The summed E-state index contributed by atoms with van der Waals surface area (Å²) in [6.07, 6.45) is 10.2. The molecule has 3 N–H and O–H groups in total. The summed E-state index contributed by atoms with van der Waals surface area (Å²) in [4.78, 5) is 4.50. The second-order valence-corrected chi connectivity index (χ2v) is 5.26. The first-order chi connectivity index (χ1) is 7.24. The van der Waals surface area contributed by atoms with Crippen LogP contribution in [0.3, 0.4) is 0 Å². The van der Waals surface area contributed by atoms with E-state index in [4.69, 9.17) is 5.73 Å². The number of amidine groups is 1. The predicted molar refractivity (Wildman–Crippen MR) is 67.0 cm³/mol. The number of aliphatic imine (C=N–C) groups is 1. The van der Waals surface area contributed by atoms with E-state index in [0.717, 1.165) is 10.7 Å². The van der Waals surface area contributed by atoms with Gasteiger partial charge in [0.25, 0.3) is 0 Å². The summed E-state index contributed by atoms with van der Waals surface area (Å²) in [6, 6.07) is 0.792. The van der Waals surface area contributed by atoms with Crippen molar-refractivity contribution >= 4 is 20.7 Å². The molecule has 0 amide bonds. The first-order valence-corrected chi connectivity index (χ1v) is 6.45. The molecule has 1 aliphatic carbocycles. The molecule has 15 heavy (non-hydrogen) atoms. The minimum absolute atomic E-state index is 0.347. The van der Waals surface area contributed by atoms with Crippen LogP contribution in [0.15, 0.2) is 17.3 Å². The number of hydrogen-bond donors (Lipinski definition) is 2. The van der Waals surface area contributed by atoms with Crippen molar-refractivity contribution in [3.05, 3.63) is 12.3 Å². The smallest absolute Gasteiger partial charge is 0.170 e. The van der Waals surface area contributed by atoms with E-state index in [1.807, 2.05) is 6.20 Å². The molecule has 2 aliphatic rings. The van der Waals surface area contributed by atoms with E-state index in [9.17, 15) is 0 Å². The molecule has 0 aromatic heterocycles. The Morgan fingerprint density at radius 2 is 2.13 bits per heavy atom. The molecule has 1 unspecified atom stereocenters. The summed E-state index contributed by atoms with van der Waals surface area (Å²) in [5.41, 5.74) is 5.89. The van der Waals surface area contributed by atoms with Gasteiger partial charge < -0.3 is 11.1 Å². The Balaban J connectivity index is 1.81. The number of hydrogen-bond acceptors (Lipinski definition) is 3. The van der Waals surface area contributed by atoms with Crippen LogP contribution in [-0.4, -0.2) is 16.8 Å². The highest BCUT2D eigenvalue weighted by Gasteiger charge is 2.21. The van der Waals surface area contributed by atoms with E-state index in [2.05, 4.69) is 32.3 Å². The third kappa shape index (κ3) is 3.31. The van der Waals surface area contributed by atoms with Crippen LogP contribution < -0.4 is 11.1 Å². The first-order valence-electron chi connectivity index (χ1n) is 5.66. The second kappa shape index (κ2) is 5.12. The maximum Gasteiger partial charge on any atom is 0.170 e. The number of rotatable bonds is 2. The Bertz CT molecular complexity index is 267. The maximum atomic E-state index is 5.89. The zero-order chi connectivity index (χ0) is 10.7. The fraction of sp³-hybridized carbons (Fsp3) is 0.727. The fourth-order valence-corrected chi connectivity index (χ4v) is 2.75. The van der Waals surface area contributed by atoms with Crippen LogP contribution >= 0.6 is 15.9 Å². The van der Waals surface area contributed by atoms with Gasteiger partial charge in [-0.3, -0.25) is 4.99 Å². The summed E-state index contributed by atoms with van der Waals surface area (Å²) in [6.45, 7) is 0. The molecular weight excluding hydrogens is 254 g/mol. The Labute approximate surface area is 99.3 Å². The lowest BCUT2D eigenvalue weighted by Gasteiger charge is -2.27. The van der Waals surface area contributed by atoms with Gasteiger partial charge in [-0.1, -0.05) is 0 Å². The van der Waals surface area contributed by atoms with Gasteiger partial charge in [-0.05, 0) is 60.0 Å². The SMILES string of the molecule is NC1CCC(CC2C=CNC(Br)=N2)CC1. The third-order valence-electron chi connectivity index (χ3n) is 3.27. The van der Waals surface area contributed by atoms with Crippen molar-refractivity contribution in [2.24, 2.45) is 16.6 Å². The van der Waals surface area contributed by atoms with Crippen molar-refractivity contribution in [2.45, 2.75) is 44.2 Å². The Hall–Kier alpha value is -0.350. The fourth-order valence-electron chi connectivity index (χ4n) is 2.35. The highest BCUT2D eigenvalue weighted by atomic mass is 79.9. The number of halogens is 1. The Kier molecular flexibility index (Phi) is 3.81. The van der Waals surface area contributed by atoms with Crippen molar-refractivity contribution in [1.29, 1.82) is 0 Å². The average Bonchev–Trinajstić information content (AvgIpc) is 2.22. The van der Waals surface area contributed by atoms with Crippen LogP contribution in [0.5, 0.6) is 0 Å². The molecule has 4 heteroatoms. The second-order valence-electron chi connectivity index (χ2n) is 4.51. The molecule has 2 rings (SSSR count). The Morgan fingerprint density at radius 1 is 1.40 bits per heavy atom. The van der Waals surface area contributed by atoms with Crippen LogP contribution in [0.4, 0.5) is 0 Å². The van der Waals surface area contributed by atoms with E-state index in [1.54, 1.807) is 0 Å². The van der Waals surface area contributed by atoms with Gasteiger partial charge in [0.2, 0.25) is 0 Å². The van der Waals surface area contributed by atoms with Gasteiger partial charge in [-0.2, -0.15) is 0 Å². The van der Waals surface area contributed by atoms with Crippen LogP contribution in [0.1, 0.15) is 32.1 Å². The number of nitrogens with one attached hydrogen (secondary N) is 1. The Morgan fingerprint density at radius 3 is 2.80 bits per heavy atom. The lowest BCUT2D eigenvalue weighted by molar-refractivity contribution is 0.303. The molecule has 0 aromatic rings. The lowest BCUT2D eigenvalue weighted by atomic mass is 9.83. The van der Waals surface area contributed by atoms with Gasteiger partial charge in [-0.25, -0.2) is 0 Å². The summed E-state index contributed by atoms with van der Waals surface area (Å²) in [5, 5.41) is 3.02. The average molecular weight is 272 g/mol. The predicted octanol–water partition coefficient (Wildman–Crippen LogP) is 2.13. The molecule has 3 nitrogen and oxygen atoms in total. The normalized spacial score (nSPS) is 35.9. The summed E-state index contributed by atoms with van der Waals surface area (Å²) in [7, 11) is 0. The van der Waals surface area contributed by atoms with Crippen molar-refractivity contribution < 1.29 is 0 Å². The van der Waals surface area contributed by atoms with Crippen LogP contribution in [-0.2, 0) is 0 Å². The molecule has 0 radical (unpaired) electrons. The molecule has 84 valence electrons. The van der Waals surface area contributed by atoms with E-state index < -0.39 is 0 Å². The van der Waals surface area contributed by atoms with Gasteiger partial charge in [0.05, 0.1) is 6.04 Å². The molecule has 0 bridgehead atoms. The van der Waals surface area contributed by atoms with Crippen LogP contribution in [0.2, 0.25) is 0 Å². The standard InChI is InChI=1S/C11H18BrN3/c12-11-14-6-5-10(15-11)7-8-1-3-9(13)4-2-8/h5-6,8-10H,1-4,7,13H2,(H,14,15). The number of nitrogens with two attached hydrogens (primary N) is 1. The van der Waals surface area contributed by atoms with E-state index >= 15 is 0 Å². The van der Waals surface area contributed by atoms with Gasteiger partial charge >= 0.3 is 0 Å². The minimum Gasteiger partial charge on any atom is -0.341 e. The highest BCUT2D eigenvalue weighted by Crippen LogP contribution is 2.28. The summed E-state index contributed by atoms with van der Waals surface area (Å²) < 4.78 is 0.850. The zero-order valence-corrected chi connectivity index (χ0v) is 10.4. The van der Waals surface area contributed by atoms with Gasteiger partial charge in [0.1, 0.15) is 0 Å². The molecule has 1 fully saturated rings. The monoisotopic (exact) mass is 271 g/mol. The largest absolute Gasteiger partial charge is 0.341 e. The third-order valence-corrected chi connectivity index (χ3v) is 3.70. The lowest BCUT2D eigenvalue weighted by Crippen LogP contribution is -2.28. The molecule has 0 spiro atoms. The van der Waals surface area contributed by atoms with Crippen molar-refractivity contribution in [2.75, 3.05) is 0 Å². The summed E-state index contributed by atoms with van der Waals surface area (Å²) in [5.74, 6) is 0.807. The first kappa shape index (κ1) is 11.1. The zero-order valence-electron chi connectivity index (χ0n) is 8.82. The molecule has 1 atom stereocenters. The minimum atomic E-state index is 0.347. The molecular formula is C11H18BrN3. The molecule has 0 saturated heterocycles. The molecule has 1 heterocycles. The van der Waals surface area contributed by atoms with Crippen LogP contribution in [0, 0.1) is 5.92 Å². The van der Waals surface area contributed by atoms with Crippen molar-refractivity contribution in [3.63, 3.8) is 0 Å². The van der Waals surface area contributed by atoms with Gasteiger partial charge in [0.15, 0.2) is 4.74 Å². The van der Waals surface area contributed by atoms with E-state index in [-0.39, 0.29) is 0 Å².